The van der Waals surface area contributed by atoms with Crippen molar-refractivity contribution >= 4 is 29.2 Å². The van der Waals surface area contributed by atoms with Gasteiger partial charge in [-0.05, 0) is 30.7 Å². The maximum absolute atomic E-state index is 12.6. The Labute approximate surface area is 151 Å². The Kier molecular flexibility index (Phi) is 5.02. The number of methoxy groups -OCH3 is 1. The van der Waals surface area contributed by atoms with Crippen molar-refractivity contribution in [3.63, 3.8) is 0 Å². The molecule has 2 amide bonds. The summed E-state index contributed by atoms with van der Waals surface area (Å²) in [5.74, 6) is -1.60. The van der Waals surface area contributed by atoms with Crippen LogP contribution in [-0.2, 0) is 14.3 Å². The maximum Gasteiger partial charge on any atom is 0.339 e. The molecule has 2 aromatic rings. The second-order valence-corrected chi connectivity index (χ2v) is 6.21. The van der Waals surface area contributed by atoms with Gasteiger partial charge in [-0.1, -0.05) is 30.3 Å². The van der Waals surface area contributed by atoms with Crippen LogP contribution in [-0.4, -0.2) is 31.9 Å². The first-order chi connectivity index (χ1) is 12.5. The number of ether oxygens (including phenoxy) is 1. The van der Waals surface area contributed by atoms with Gasteiger partial charge in [0.15, 0.2) is 0 Å². The van der Waals surface area contributed by atoms with Crippen molar-refractivity contribution < 1.29 is 19.1 Å². The molecule has 1 saturated carbocycles. The number of rotatable bonds is 5. The molecule has 2 aromatic carbocycles. The summed E-state index contributed by atoms with van der Waals surface area (Å²) in [6.45, 7) is 0. The van der Waals surface area contributed by atoms with E-state index in [1.165, 1.54) is 7.11 Å². The van der Waals surface area contributed by atoms with Crippen LogP contribution >= 0.6 is 0 Å². The topological polar surface area (TPSA) is 75.7 Å². The molecular weight excluding hydrogens is 332 g/mol. The van der Waals surface area contributed by atoms with Gasteiger partial charge in [0.2, 0.25) is 11.8 Å². The molecule has 0 aromatic heterocycles. The van der Waals surface area contributed by atoms with Gasteiger partial charge in [0.25, 0.3) is 0 Å². The second kappa shape index (κ2) is 7.39. The summed E-state index contributed by atoms with van der Waals surface area (Å²) in [5.41, 5.74) is 1.46. The van der Waals surface area contributed by atoms with Gasteiger partial charge < -0.3 is 15.0 Å². The number of hydrogen-bond acceptors (Lipinski definition) is 4. The molecule has 1 N–H and O–H groups in total. The molecule has 0 aliphatic heterocycles. The standard InChI is InChI=1S/C20H20N2O4/c1-22(13-8-4-3-5-9-13)19(24)16-12-15(16)18(23)21-17-11-7-6-10-14(17)20(25)26-2/h3-11,15-16H,12H2,1-2H3,(H,21,23). The molecule has 3 rings (SSSR count). The Morgan fingerprint density at radius 3 is 2.35 bits per heavy atom. The quantitative estimate of drug-likeness (QED) is 0.840. The number of amides is 2. The minimum atomic E-state index is -0.520. The minimum Gasteiger partial charge on any atom is -0.465 e. The van der Waals surface area contributed by atoms with E-state index in [-0.39, 0.29) is 29.2 Å². The predicted octanol–water partition coefficient (Wildman–Crippen LogP) is 2.71. The van der Waals surface area contributed by atoms with Crippen LogP contribution in [0.1, 0.15) is 16.8 Å². The van der Waals surface area contributed by atoms with E-state index in [0.29, 0.717) is 12.1 Å². The highest BCUT2D eigenvalue weighted by Gasteiger charge is 2.49. The van der Waals surface area contributed by atoms with Gasteiger partial charge in [-0.3, -0.25) is 9.59 Å². The monoisotopic (exact) mass is 352 g/mol. The summed E-state index contributed by atoms with van der Waals surface area (Å²) in [6.07, 6.45) is 0.502. The van der Waals surface area contributed by atoms with Crippen LogP contribution in [0.5, 0.6) is 0 Å². The molecule has 134 valence electrons. The zero-order chi connectivity index (χ0) is 18.7. The lowest BCUT2D eigenvalue weighted by Crippen LogP contribution is -2.29. The highest BCUT2D eigenvalue weighted by Crippen LogP contribution is 2.41. The molecule has 1 aliphatic rings. The Bertz CT molecular complexity index is 835. The molecule has 1 fully saturated rings. The Morgan fingerprint density at radius 1 is 1.00 bits per heavy atom. The molecular formula is C20H20N2O4. The van der Waals surface area contributed by atoms with E-state index >= 15 is 0 Å². The van der Waals surface area contributed by atoms with Crippen molar-refractivity contribution in [2.75, 3.05) is 24.4 Å². The van der Waals surface area contributed by atoms with Gasteiger partial charge in [0.05, 0.1) is 30.2 Å². The molecule has 2 atom stereocenters. The summed E-state index contributed by atoms with van der Waals surface area (Å²) in [4.78, 5) is 38.4. The molecule has 0 heterocycles. The molecule has 6 heteroatoms. The van der Waals surface area contributed by atoms with E-state index in [9.17, 15) is 14.4 Å². The Hall–Kier alpha value is -3.15. The van der Waals surface area contributed by atoms with Crippen LogP contribution in [0, 0.1) is 11.8 Å². The van der Waals surface area contributed by atoms with Crippen LogP contribution in [0.3, 0.4) is 0 Å². The average molecular weight is 352 g/mol. The smallest absolute Gasteiger partial charge is 0.339 e. The Morgan fingerprint density at radius 2 is 1.65 bits per heavy atom. The SMILES string of the molecule is COC(=O)c1ccccc1NC(=O)C1CC1C(=O)N(C)c1ccccc1. The number of nitrogens with one attached hydrogen (secondary N) is 1. The van der Waals surface area contributed by atoms with Crippen LogP contribution in [0.25, 0.3) is 0 Å². The molecule has 0 saturated heterocycles. The predicted molar refractivity (Wildman–Crippen MR) is 97.9 cm³/mol. The molecule has 0 spiro atoms. The van der Waals surface area contributed by atoms with Crippen LogP contribution in [0.4, 0.5) is 11.4 Å². The van der Waals surface area contributed by atoms with Crippen molar-refractivity contribution in [3.8, 4) is 0 Å². The zero-order valence-corrected chi connectivity index (χ0v) is 14.6. The lowest BCUT2D eigenvalue weighted by molar-refractivity contribution is -0.123. The highest BCUT2D eigenvalue weighted by atomic mass is 16.5. The van der Waals surface area contributed by atoms with E-state index < -0.39 is 5.97 Å². The second-order valence-electron chi connectivity index (χ2n) is 6.21. The maximum atomic E-state index is 12.6. The third-order valence-electron chi connectivity index (χ3n) is 4.51. The number of esters is 1. The van der Waals surface area contributed by atoms with Crippen molar-refractivity contribution in [1.82, 2.24) is 0 Å². The van der Waals surface area contributed by atoms with E-state index in [0.717, 1.165) is 5.69 Å². The first kappa shape index (κ1) is 17.7. The fourth-order valence-electron chi connectivity index (χ4n) is 2.89. The van der Waals surface area contributed by atoms with Gasteiger partial charge in [-0.2, -0.15) is 0 Å². The van der Waals surface area contributed by atoms with Crippen molar-refractivity contribution in [1.29, 1.82) is 0 Å². The largest absolute Gasteiger partial charge is 0.465 e. The van der Waals surface area contributed by atoms with Gasteiger partial charge >= 0.3 is 5.97 Å². The van der Waals surface area contributed by atoms with Crippen molar-refractivity contribution in [2.24, 2.45) is 11.8 Å². The summed E-state index contributed by atoms with van der Waals surface area (Å²) in [5, 5.41) is 2.74. The molecule has 26 heavy (non-hydrogen) atoms. The van der Waals surface area contributed by atoms with E-state index in [2.05, 4.69) is 5.32 Å². The normalized spacial score (nSPS) is 17.9. The van der Waals surface area contributed by atoms with Gasteiger partial charge in [0.1, 0.15) is 0 Å². The fraction of sp³-hybridized carbons (Fsp3) is 0.250. The minimum absolute atomic E-state index is 0.0856. The average Bonchev–Trinajstić information content (AvgIpc) is 3.48. The Balaban J connectivity index is 1.65. The first-order valence-electron chi connectivity index (χ1n) is 8.33. The summed E-state index contributed by atoms with van der Waals surface area (Å²) in [6, 6.07) is 15.9. The van der Waals surface area contributed by atoms with Gasteiger partial charge in [-0.15, -0.1) is 0 Å². The van der Waals surface area contributed by atoms with Crippen LogP contribution in [0.15, 0.2) is 54.6 Å². The van der Waals surface area contributed by atoms with Crippen LogP contribution in [0.2, 0.25) is 0 Å². The summed E-state index contributed by atoms with van der Waals surface area (Å²) < 4.78 is 4.72. The number of hydrogen-bond donors (Lipinski definition) is 1. The number of nitrogens with zero attached hydrogens (tertiary/aromatic N) is 1. The molecule has 0 bridgehead atoms. The molecule has 1 aliphatic carbocycles. The number of carbonyl (C=O) groups excluding carboxylic acids is 3. The molecule has 0 radical (unpaired) electrons. The third-order valence-corrected chi connectivity index (χ3v) is 4.51. The first-order valence-corrected chi connectivity index (χ1v) is 8.33. The molecule has 2 unspecified atom stereocenters. The fourth-order valence-corrected chi connectivity index (χ4v) is 2.89. The number of para-hydroxylation sites is 2. The van der Waals surface area contributed by atoms with Crippen molar-refractivity contribution in [3.05, 3.63) is 60.2 Å². The zero-order valence-electron chi connectivity index (χ0n) is 14.6. The van der Waals surface area contributed by atoms with Crippen molar-refractivity contribution in [2.45, 2.75) is 6.42 Å². The number of carbonyl (C=O) groups is 3. The number of benzene rings is 2. The molecule has 6 nitrogen and oxygen atoms in total. The van der Waals surface area contributed by atoms with E-state index in [1.807, 2.05) is 30.3 Å². The lowest BCUT2D eigenvalue weighted by Gasteiger charge is -2.17. The van der Waals surface area contributed by atoms with Gasteiger partial charge in [-0.25, -0.2) is 4.79 Å². The summed E-state index contributed by atoms with van der Waals surface area (Å²) >= 11 is 0. The van der Waals surface area contributed by atoms with E-state index in [4.69, 9.17) is 4.74 Å². The van der Waals surface area contributed by atoms with Gasteiger partial charge in [0, 0.05) is 12.7 Å². The lowest BCUT2D eigenvalue weighted by atomic mass is 10.1. The number of anilines is 2. The summed E-state index contributed by atoms with van der Waals surface area (Å²) in [7, 11) is 2.99. The highest BCUT2D eigenvalue weighted by molar-refractivity contribution is 6.06. The van der Waals surface area contributed by atoms with Crippen LogP contribution < -0.4 is 10.2 Å². The third kappa shape index (κ3) is 3.59. The van der Waals surface area contributed by atoms with E-state index in [1.54, 1.807) is 36.2 Å².